The number of rotatable bonds is 2. The Balaban J connectivity index is 4.17. The van der Waals surface area contributed by atoms with Gasteiger partial charge in [0.05, 0.1) is 0 Å². The molecule has 0 saturated carbocycles. The van der Waals surface area contributed by atoms with Crippen molar-refractivity contribution >= 4 is 0 Å². The second kappa shape index (κ2) is 3.12. The van der Waals surface area contributed by atoms with E-state index in [2.05, 4.69) is 13.2 Å². The summed E-state index contributed by atoms with van der Waals surface area (Å²) in [5, 5.41) is 0. The lowest BCUT2D eigenvalue weighted by Gasteiger charge is -1.86. The largest absolute Gasteiger partial charge is 0.208 e. The molecule has 0 aromatic heterocycles. The number of halogens is 3. The van der Waals surface area contributed by atoms with E-state index >= 15 is 0 Å². The normalized spacial score (nSPS) is 11.2. The van der Waals surface area contributed by atoms with Crippen LogP contribution in [0, 0.1) is 0 Å². The predicted molar refractivity (Wildman–Crippen MR) is 29.7 cm³/mol. The van der Waals surface area contributed by atoms with Gasteiger partial charge in [-0.3, -0.25) is 0 Å². The maximum absolute atomic E-state index is 11.9. The molecule has 0 rings (SSSR count). The molecule has 0 saturated heterocycles. The van der Waals surface area contributed by atoms with Crippen LogP contribution in [-0.2, 0) is 0 Å². The molecular weight excluding hydrogens is 129 g/mol. The van der Waals surface area contributed by atoms with Crippen molar-refractivity contribution in [3.05, 3.63) is 36.7 Å². The first-order valence-corrected chi connectivity index (χ1v) is 2.10. The van der Waals surface area contributed by atoms with E-state index in [9.17, 15) is 13.2 Å². The first kappa shape index (κ1) is 8.01. The second-order valence-corrected chi connectivity index (χ2v) is 1.34. The van der Waals surface area contributed by atoms with Crippen LogP contribution in [0.25, 0.3) is 0 Å². The monoisotopic (exact) mass is 134 g/mol. The fourth-order valence-electron chi connectivity index (χ4n) is 0.216. The summed E-state index contributed by atoms with van der Waals surface area (Å²) < 4.78 is 35.1. The molecule has 0 amide bonds. The molecule has 0 radical (unpaired) electrons. The Morgan fingerprint density at radius 2 is 1.56 bits per heavy atom. The molecule has 3 heteroatoms. The smallest absolute Gasteiger partial charge is 0.161 e. The second-order valence-electron chi connectivity index (χ2n) is 1.34. The Morgan fingerprint density at radius 3 is 1.67 bits per heavy atom. The van der Waals surface area contributed by atoms with Gasteiger partial charge in [-0.05, 0) is 0 Å². The summed E-state index contributed by atoms with van der Waals surface area (Å²) in [5.41, 5.74) is 0. The van der Waals surface area contributed by atoms with Crippen molar-refractivity contribution < 1.29 is 13.2 Å². The predicted octanol–water partition coefficient (Wildman–Crippen LogP) is 2.81. The maximum Gasteiger partial charge on any atom is 0.161 e. The van der Waals surface area contributed by atoms with E-state index in [4.69, 9.17) is 0 Å². The molecule has 0 aliphatic heterocycles. The van der Waals surface area contributed by atoms with Gasteiger partial charge in [0.2, 0.25) is 0 Å². The van der Waals surface area contributed by atoms with Crippen LogP contribution in [0.4, 0.5) is 13.2 Å². The first-order chi connectivity index (χ1) is 4.04. The summed E-state index contributed by atoms with van der Waals surface area (Å²) in [5.74, 6) is -3.66. The van der Waals surface area contributed by atoms with E-state index in [0.29, 0.717) is 6.08 Å². The highest BCUT2D eigenvalue weighted by Crippen LogP contribution is 2.12. The third-order valence-corrected chi connectivity index (χ3v) is 0.542. The lowest BCUT2D eigenvalue weighted by Crippen LogP contribution is -1.71. The van der Waals surface area contributed by atoms with Crippen molar-refractivity contribution in [2.45, 2.75) is 0 Å². The summed E-state index contributed by atoms with van der Waals surface area (Å²) in [6.07, 6.45) is 0.322. The molecule has 0 spiro atoms. The van der Waals surface area contributed by atoms with Crippen LogP contribution in [-0.4, -0.2) is 0 Å². The lowest BCUT2D eigenvalue weighted by molar-refractivity contribution is 0.541. The van der Waals surface area contributed by atoms with Crippen molar-refractivity contribution in [2.75, 3.05) is 0 Å². The van der Waals surface area contributed by atoms with E-state index in [0.717, 1.165) is 0 Å². The van der Waals surface area contributed by atoms with Gasteiger partial charge in [0, 0.05) is 6.08 Å². The zero-order valence-corrected chi connectivity index (χ0v) is 4.63. The van der Waals surface area contributed by atoms with Crippen LogP contribution in [0.2, 0.25) is 0 Å². The van der Waals surface area contributed by atoms with Gasteiger partial charge in [-0.2, -0.15) is 0 Å². The van der Waals surface area contributed by atoms with Gasteiger partial charge in [-0.1, -0.05) is 13.2 Å². The van der Waals surface area contributed by atoms with Crippen LogP contribution in [0.3, 0.4) is 0 Å². The molecular formula is C6H5F3. The Kier molecular flexibility index (Phi) is 2.78. The number of hydrogen-bond donors (Lipinski definition) is 0. The molecule has 0 aliphatic carbocycles. The number of hydrogen-bond acceptors (Lipinski definition) is 0. The average molecular weight is 134 g/mol. The number of allylic oxidation sites excluding steroid dienone is 4. The molecule has 0 nitrogen and oxygen atoms in total. The SMILES string of the molecule is C=C(F)/C=C(/F)C(=C)F. The fraction of sp³-hybridized carbons (Fsp3) is 0. The molecule has 0 unspecified atom stereocenters. The Bertz CT molecular complexity index is 167. The summed E-state index contributed by atoms with van der Waals surface area (Å²) in [4.78, 5) is 0. The molecule has 9 heavy (non-hydrogen) atoms. The lowest BCUT2D eigenvalue weighted by atomic mass is 10.4. The summed E-state index contributed by atoms with van der Waals surface area (Å²) in [6.45, 7) is 5.28. The van der Waals surface area contributed by atoms with Crippen molar-refractivity contribution in [1.29, 1.82) is 0 Å². The Hall–Kier alpha value is -0.990. The van der Waals surface area contributed by atoms with Crippen LogP contribution in [0.1, 0.15) is 0 Å². The van der Waals surface area contributed by atoms with Crippen molar-refractivity contribution in [2.24, 2.45) is 0 Å². The summed E-state index contributed by atoms with van der Waals surface area (Å²) in [6, 6.07) is 0. The third-order valence-electron chi connectivity index (χ3n) is 0.542. The topological polar surface area (TPSA) is 0 Å². The third kappa shape index (κ3) is 3.58. The summed E-state index contributed by atoms with van der Waals surface area (Å²) >= 11 is 0. The fourth-order valence-corrected chi connectivity index (χ4v) is 0.216. The van der Waals surface area contributed by atoms with Gasteiger partial charge >= 0.3 is 0 Å². The van der Waals surface area contributed by atoms with E-state index in [-0.39, 0.29) is 0 Å². The molecule has 0 aromatic carbocycles. The van der Waals surface area contributed by atoms with Crippen molar-refractivity contribution in [1.82, 2.24) is 0 Å². The van der Waals surface area contributed by atoms with E-state index < -0.39 is 17.5 Å². The van der Waals surface area contributed by atoms with Gasteiger partial charge in [0.1, 0.15) is 5.83 Å². The standard InChI is InChI=1S/C6H5F3/c1-4(7)3-6(9)5(2)8/h3H,1-2H2/b6-3+. The Morgan fingerprint density at radius 1 is 1.11 bits per heavy atom. The first-order valence-electron chi connectivity index (χ1n) is 2.10. The maximum atomic E-state index is 11.9. The van der Waals surface area contributed by atoms with Crippen LogP contribution in [0.15, 0.2) is 36.7 Å². The molecule has 0 aromatic rings. The van der Waals surface area contributed by atoms with E-state index in [1.165, 1.54) is 0 Å². The molecule has 50 valence electrons. The van der Waals surface area contributed by atoms with E-state index in [1.54, 1.807) is 0 Å². The van der Waals surface area contributed by atoms with Gasteiger partial charge < -0.3 is 0 Å². The zero-order chi connectivity index (χ0) is 7.44. The highest BCUT2D eigenvalue weighted by molar-refractivity contribution is 5.22. The van der Waals surface area contributed by atoms with Crippen LogP contribution >= 0.6 is 0 Å². The zero-order valence-electron chi connectivity index (χ0n) is 4.63. The van der Waals surface area contributed by atoms with Crippen molar-refractivity contribution in [3.8, 4) is 0 Å². The molecule has 0 heterocycles. The van der Waals surface area contributed by atoms with Crippen LogP contribution in [0.5, 0.6) is 0 Å². The highest BCUT2D eigenvalue weighted by atomic mass is 19.2. The molecule has 0 atom stereocenters. The molecule has 0 bridgehead atoms. The molecule has 0 aliphatic rings. The average Bonchev–Trinajstić information content (AvgIpc) is 1.63. The minimum absolute atomic E-state index is 0.322. The van der Waals surface area contributed by atoms with Crippen LogP contribution < -0.4 is 0 Å². The minimum atomic E-state index is -1.33. The highest BCUT2D eigenvalue weighted by Gasteiger charge is 1.98. The quantitative estimate of drug-likeness (QED) is 0.509. The van der Waals surface area contributed by atoms with Gasteiger partial charge in [-0.25, -0.2) is 13.2 Å². The molecule has 0 fully saturated rings. The van der Waals surface area contributed by atoms with Gasteiger partial charge in [0.25, 0.3) is 0 Å². The van der Waals surface area contributed by atoms with Gasteiger partial charge in [0.15, 0.2) is 11.7 Å². The Labute approximate surface area is 51.0 Å². The van der Waals surface area contributed by atoms with Gasteiger partial charge in [-0.15, -0.1) is 0 Å². The summed E-state index contributed by atoms with van der Waals surface area (Å²) in [7, 11) is 0. The minimum Gasteiger partial charge on any atom is -0.208 e. The molecule has 0 N–H and O–H groups in total. The van der Waals surface area contributed by atoms with Crippen molar-refractivity contribution in [3.63, 3.8) is 0 Å². The van der Waals surface area contributed by atoms with E-state index in [1.807, 2.05) is 0 Å².